The van der Waals surface area contributed by atoms with Crippen molar-refractivity contribution in [2.45, 2.75) is 58.5 Å². The van der Waals surface area contributed by atoms with Crippen LogP contribution >= 0.6 is 0 Å². The number of rotatable bonds is 12. The smallest absolute Gasteiger partial charge is 0.507 e. The van der Waals surface area contributed by atoms with E-state index >= 15 is 0 Å². The molecule has 3 rings (SSSR count). The highest BCUT2D eigenvalue weighted by Gasteiger charge is 2.30. The Hall–Kier alpha value is -4.07. The van der Waals surface area contributed by atoms with Crippen LogP contribution in [0, 0.1) is 5.21 Å². The fourth-order valence-corrected chi connectivity index (χ4v) is 4.12. The SMILES string of the molecule is CCOC(=O)CC(Cc1ccc(OCCCN(C(=O)OC(C)(C)C)c2cccc[n+]2[O-])cc1)c1ccccc1. The van der Waals surface area contributed by atoms with E-state index in [9.17, 15) is 14.8 Å². The molecule has 0 N–H and O–H groups in total. The number of carbonyl (C=O) groups excluding carboxylic acids is 2. The maximum absolute atomic E-state index is 12.8. The summed E-state index contributed by atoms with van der Waals surface area (Å²) in [5.74, 6) is 0.706. The first-order valence-electron chi connectivity index (χ1n) is 13.3. The summed E-state index contributed by atoms with van der Waals surface area (Å²) in [5.41, 5.74) is 1.49. The summed E-state index contributed by atoms with van der Waals surface area (Å²) < 4.78 is 17.2. The number of amides is 1. The normalized spacial score (nSPS) is 11.9. The molecular formula is C31H38N2O6. The second-order valence-corrected chi connectivity index (χ2v) is 10.2. The van der Waals surface area contributed by atoms with Crippen molar-refractivity contribution in [1.82, 2.24) is 0 Å². The van der Waals surface area contributed by atoms with Crippen molar-refractivity contribution in [3.8, 4) is 5.75 Å². The molecule has 8 nitrogen and oxygen atoms in total. The van der Waals surface area contributed by atoms with Crippen LogP contribution < -0.4 is 14.4 Å². The number of pyridine rings is 1. The number of ether oxygens (including phenoxy) is 3. The van der Waals surface area contributed by atoms with Crippen molar-refractivity contribution in [3.63, 3.8) is 0 Å². The van der Waals surface area contributed by atoms with E-state index in [1.54, 1.807) is 39.0 Å². The predicted molar refractivity (Wildman–Crippen MR) is 150 cm³/mol. The van der Waals surface area contributed by atoms with Gasteiger partial charge in [0.05, 0.1) is 25.8 Å². The highest BCUT2D eigenvalue weighted by Crippen LogP contribution is 2.26. The molecule has 3 aromatic rings. The summed E-state index contributed by atoms with van der Waals surface area (Å²) >= 11 is 0. The zero-order valence-electron chi connectivity index (χ0n) is 23.2. The molecular weight excluding hydrogens is 496 g/mol. The molecule has 1 amide bonds. The van der Waals surface area contributed by atoms with Gasteiger partial charge in [-0.3, -0.25) is 4.79 Å². The van der Waals surface area contributed by atoms with Gasteiger partial charge >= 0.3 is 12.1 Å². The molecule has 0 aliphatic rings. The Morgan fingerprint density at radius 3 is 2.31 bits per heavy atom. The average Bonchev–Trinajstić information content (AvgIpc) is 2.89. The number of nitrogens with zero attached hydrogens (tertiary/aromatic N) is 2. The Morgan fingerprint density at radius 2 is 1.67 bits per heavy atom. The molecule has 0 aliphatic carbocycles. The first-order chi connectivity index (χ1) is 18.7. The van der Waals surface area contributed by atoms with E-state index in [-0.39, 0.29) is 24.2 Å². The van der Waals surface area contributed by atoms with Crippen LogP contribution in [0.25, 0.3) is 0 Å². The number of anilines is 1. The number of hydrogen-bond acceptors (Lipinski definition) is 6. The van der Waals surface area contributed by atoms with Crippen LogP contribution in [0.4, 0.5) is 10.6 Å². The Balaban J connectivity index is 1.58. The lowest BCUT2D eigenvalue weighted by Gasteiger charge is -2.23. The Labute approximate surface area is 230 Å². The van der Waals surface area contributed by atoms with E-state index < -0.39 is 11.7 Å². The van der Waals surface area contributed by atoms with Crippen LogP contribution in [-0.2, 0) is 20.7 Å². The molecule has 208 valence electrons. The van der Waals surface area contributed by atoms with Crippen LogP contribution in [0.5, 0.6) is 5.75 Å². The predicted octanol–water partition coefficient (Wildman–Crippen LogP) is 5.81. The van der Waals surface area contributed by atoms with Crippen molar-refractivity contribution in [2.75, 3.05) is 24.7 Å². The molecule has 0 saturated carbocycles. The van der Waals surface area contributed by atoms with E-state index in [4.69, 9.17) is 14.2 Å². The molecule has 8 heteroatoms. The molecule has 0 spiro atoms. The third-order valence-electron chi connectivity index (χ3n) is 5.88. The van der Waals surface area contributed by atoms with Crippen LogP contribution in [0.3, 0.4) is 0 Å². The lowest BCUT2D eigenvalue weighted by atomic mass is 9.89. The maximum Gasteiger partial charge on any atom is 0.507 e. The second-order valence-electron chi connectivity index (χ2n) is 10.2. The lowest BCUT2D eigenvalue weighted by Crippen LogP contribution is -2.44. The molecule has 0 bridgehead atoms. The van der Waals surface area contributed by atoms with Gasteiger partial charge < -0.3 is 19.4 Å². The van der Waals surface area contributed by atoms with Gasteiger partial charge in [-0.2, -0.15) is 9.69 Å². The molecule has 39 heavy (non-hydrogen) atoms. The van der Waals surface area contributed by atoms with Crippen LogP contribution in [0.15, 0.2) is 79.0 Å². The largest absolute Gasteiger partial charge is 0.711 e. The topological polar surface area (TPSA) is 92.0 Å². The third-order valence-corrected chi connectivity index (χ3v) is 5.88. The van der Waals surface area contributed by atoms with Crippen LogP contribution in [-0.4, -0.2) is 37.4 Å². The Kier molecular flexibility index (Phi) is 10.7. The molecule has 0 fully saturated rings. The van der Waals surface area contributed by atoms with Gasteiger partial charge in [-0.25, -0.2) is 4.73 Å². The number of benzene rings is 2. The minimum Gasteiger partial charge on any atom is -0.711 e. The van der Waals surface area contributed by atoms with Crippen molar-refractivity contribution >= 4 is 17.9 Å². The first kappa shape index (κ1) is 29.5. The minimum atomic E-state index is -0.689. The summed E-state index contributed by atoms with van der Waals surface area (Å²) in [4.78, 5) is 26.3. The fraction of sp³-hybridized carbons (Fsp3) is 0.387. The molecule has 0 radical (unpaired) electrons. The van der Waals surface area contributed by atoms with E-state index in [1.165, 1.54) is 11.1 Å². The van der Waals surface area contributed by atoms with Gasteiger partial charge in [0.15, 0.2) is 0 Å². The number of hydrogen-bond donors (Lipinski definition) is 0. The van der Waals surface area contributed by atoms with E-state index in [0.29, 0.717) is 43.0 Å². The molecule has 1 heterocycles. The van der Waals surface area contributed by atoms with Gasteiger partial charge in [-0.1, -0.05) is 48.5 Å². The monoisotopic (exact) mass is 534 g/mol. The standard InChI is InChI=1S/C31H38N2O6/c1-5-37-29(34)23-26(25-12-7-6-8-13-25)22-24-15-17-27(18-16-24)38-21-11-19-32(30(35)39-31(2,3)4)28-14-9-10-20-33(28)36/h6-10,12-18,20,26H,5,11,19,21-23H2,1-4H3. The maximum atomic E-state index is 12.8. The highest BCUT2D eigenvalue weighted by atomic mass is 16.6. The first-order valence-corrected chi connectivity index (χ1v) is 13.3. The third kappa shape index (κ3) is 9.63. The zero-order chi connectivity index (χ0) is 28.3. The van der Waals surface area contributed by atoms with Gasteiger partial charge in [0, 0.05) is 12.5 Å². The van der Waals surface area contributed by atoms with Crippen molar-refractivity contribution in [1.29, 1.82) is 0 Å². The van der Waals surface area contributed by atoms with E-state index in [1.807, 2.05) is 61.5 Å². The summed E-state index contributed by atoms with van der Waals surface area (Å²) in [6.07, 6.45) is 2.26. The number of aromatic nitrogens is 1. The Morgan fingerprint density at radius 1 is 0.974 bits per heavy atom. The zero-order valence-corrected chi connectivity index (χ0v) is 23.2. The quantitative estimate of drug-likeness (QED) is 0.126. The van der Waals surface area contributed by atoms with Crippen molar-refractivity contribution in [2.24, 2.45) is 0 Å². The molecule has 0 aliphatic heterocycles. The molecule has 2 aromatic carbocycles. The van der Waals surface area contributed by atoms with Crippen molar-refractivity contribution < 1.29 is 28.5 Å². The van der Waals surface area contributed by atoms with E-state index in [2.05, 4.69) is 0 Å². The fourth-order valence-electron chi connectivity index (χ4n) is 4.12. The second kappa shape index (κ2) is 14.2. The van der Waals surface area contributed by atoms with Crippen LogP contribution in [0.2, 0.25) is 0 Å². The summed E-state index contributed by atoms with van der Waals surface area (Å²) in [6, 6.07) is 22.7. The summed E-state index contributed by atoms with van der Waals surface area (Å²) in [7, 11) is 0. The molecule has 1 atom stereocenters. The minimum absolute atomic E-state index is 0.0117. The van der Waals surface area contributed by atoms with Crippen molar-refractivity contribution in [3.05, 3.63) is 95.3 Å². The van der Waals surface area contributed by atoms with Gasteiger partial charge in [-0.05, 0) is 69.4 Å². The molecule has 1 aromatic heterocycles. The number of carbonyl (C=O) groups is 2. The highest BCUT2D eigenvalue weighted by molar-refractivity contribution is 5.85. The van der Waals surface area contributed by atoms with Gasteiger partial charge in [-0.15, -0.1) is 0 Å². The molecule has 1 unspecified atom stereocenters. The van der Waals surface area contributed by atoms with Crippen LogP contribution in [0.1, 0.15) is 57.6 Å². The summed E-state index contributed by atoms with van der Waals surface area (Å²) in [6.45, 7) is 8.13. The van der Waals surface area contributed by atoms with E-state index in [0.717, 1.165) is 11.1 Å². The van der Waals surface area contributed by atoms with Gasteiger partial charge in [0.1, 0.15) is 17.9 Å². The summed E-state index contributed by atoms with van der Waals surface area (Å²) in [5, 5.41) is 12.3. The lowest BCUT2D eigenvalue weighted by molar-refractivity contribution is -0.591. The van der Waals surface area contributed by atoms with Gasteiger partial charge in [0.25, 0.3) is 5.82 Å². The molecule has 0 saturated heterocycles. The van der Waals surface area contributed by atoms with Gasteiger partial charge in [0.2, 0.25) is 0 Å². The average molecular weight is 535 g/mol. The number of esters is 1. The Bertz CT molecular complexity index is 1190.